The van der Waals surface area contributed by atoms with E-state index < -0.39 is 10.0 Å². The van der Waals surface area contributed by atoms with E-state index in [2.05, 4.69) is 5.32 Å². The molecule has 0 aliphatic heterocycles. The van der Waals surface area contributed by atoms with Gasteiger partial charge in [-0.05, 0) is 36.5 Å². The van der Waals surface area contributed by atoms with E-state index in [0.717, 1.165) is 28.4 Å². The Balaban J connectivity index is 2.18. The van der Waals surface area contributed by atoms with Crippen LogP contribution in [0.5, 0.6) is 0 Å². The van der Waals surface area contributed by atoms with Crippen LogP contribution in [0.4, 0.5) is 0 Å². The molecule has 0 fully saturated rings. The summed E-state index contributed by atoms with van der Waals surface area (Å²) in [4.78, 5) is 2.13. The van der Waals surface area contributed by atoms with Crippen LogP contribution in [0, 0.1) is 6.92 Å². The number of nitrogens with one attached hydrogen (secondary N) is 1. The first-order valence-electron chi connectivity index (χ1n) is 6.74. The molecule has 116 valence electrons. The van der Waals surface area contributed by atoms with Gasteiger partial charge in [-0.3, -0.25) is 0 Å². The van der Waals surface area contributed by atoms with Crippen molar-refractivity contribution in [3.05, 3.63) is 38.9 Å². The van der Waals surface area contributed by atoms with E-state index in [1.54, 1.807) is 24.5 Å². The minimum absolute atomic E-state index is 0.416. The lowest BCUT2D eigenvalue weighted by atomic mass is 10.3. The molecule has 0 bridgehead atoms. The lowest BCUT2D eigenvalue weighted by Crippen LogP contribution is -2.25. The molecule has 21 heavy (non-hydrogen) atoms. The predicted molar refractivity (Wildman–Crippen MR) is 89.4 cm³/mol. The Hall–Kier alpha value is -0.730. The van der Waals surface area contributed by atoms with Crippen molar-refractivity contribution in [1.82, 2.24) is 9.62 Å². The monoisotopic (exact) mass is 344 g/mol. The molecule has 0 spiro atoms. The number of hydrogen-bond donors (Lipinski definition) is 1. The number of nitrogens with zero attached hydrogens (tertiary/aromatic N) is 1. The van der Waals surface area contributed by atoms with Crippen molar-refractivity contribution in [3.63, 3.8) is 0 Å². The number of aryl methyl sites for hydroxylation is 1. The van der Waals surface area contributed by atoms with Crippen molar-refractivity contribution in [2.75, 3.05) is 13.6 Å². The highest BCUT2D eigenvalue weighted by atomic mass is 32.2. The summed E-state index contributed by atoms with van der Waals surface area (Å²) in [5, 5.41) is 5.20. The average molecular weight is 345 g/mol. The van der Waals surface area contributed by atoms with E-state index in [9.17, 15) is 8.42 Å². The molecule has 2 aromatic heterocycles. The van der Waals surface area contributed by atoms with Crippen LogP contribution < -0.4 is 5.32 Å². The van der Waals surface area contributed by atoms with Crippen LogP contribution >= 0.6 is 22.7 Å². The Morgan fingerprint density at radius 1 is 1.38 bits per heavy atom. The summed E-state index contributed by atoms with van der Waals surface area (Å²) in [7, 11) is -1.78. The van der Waals surface area contributed by atoms with Crippen molar-refractivity contribution >= 4 is 32.7 Å². The number of thiophene rings is 2. The van der Waals surface area contributed by atoms with E-state index in [0.29, 0.717) is 10.8 Å². The molecule has 0 aliphatic rings. The maximum atomic E-state index is 12.6. The van der Waals surface area contributed by atoms with Gasteiger partial charge in [-0.2, -0.15) is 4.31 Å². The Kier molecular flexibility index (Phi) is 5.56. The fourth-order valence-electron chi connectivity index (χ4n) is 1.89. The van der Waals surface area contributed by atoms with Gasteiger partial charge in [0.15, 0.2) is 0 Å². The first-order chi connectivity index (χ1) is 9.95. The Morgan fingerprint density at radius 2 is 2.14 bits per heavy atom. The zero-order valence-electron chi connectivity index (χ0n) is 12.4. The normalized spacial score (nSPS) is 12.2. The smallest absolute Gasteiger partial charge is 0.252 e. The van der Waals surface area contributed by atoms with Crippen LogP contribution in [0.2, 0.25) is 0 Å². The third kappa shape index (κ3) is 3.92. The molecule has 0 aliphatic carbocycles. The summed E-state index contributed by atoms with van der Waals surface area (Å²) in [6.07, 6.45) is 0. The summed E-state index contributed by atoms with van der Waals surface area (Å²) >= 11 is 2.93. The van der Waals surface area contributed by atoms with Crippen LogP contribution in [0.15, 0.2) is 27.8 Å². The van der Waals surface area contributed by atoms with Gasteiger partial charge in [0.1, 0.15) is 4.21 Å². The molecule has 4 nitrogen and oxygen atoms in total. The second kappa shape index (κ2) is 7.02. The largest absolute Gasteiger partial charge is 0.312 e. The number of hydrogen-bond acceptors (Lipinski definition) is 5. The van der Waals surface area contributed by atoms with Crippen molar-refractivity contribution < 1.29 is 8.42 Å². The van der Waals surface area contributed by atoms with Gasteiger partial charge in [0.2, 0.25) is 0 Å². The van der Waals surface area contributed by atoms with Crippen LogP contribution in [-0.4, -0.2) is 26.3 Å². The lowest BCUT2D eigenvalue weighted by molar-refractivity contribution is 0.471. The molecule has 0 saturated heterocycles. The summed E-state index contributed by atoms with van der Waals surface area (Å²) < 4.78 is 27.1. The topological polar surface area (TPSA) is 49.4 Å². The number of sulfonamides is 1. The second-order valence-electron chi connectivity index (χ2n) is 4.79. The maximum absolute atomic E-state index is 12.6. The Bertz CT molecular complexity index is 675. The van der Waals surface area contributed by atoms with E-state index >= 15 is 0 Å². The molecule has 0 radical (unpaired) electrons. The molecule has 2 rings (SSSR count). The molecule has 0 aromatic carbocycles. The lowest BCUT2D eigenvalue weighted by Gasteiger charge is -2.14. The first kappa shape index (κ1) is 16.6. The standard InChI is InChI=1S/C14H20N2O2S3/c1-4-15-9-13-11(2)8-14(20-13)21(17,18)16(3)10-12-6-5-7-19-12/h5-8,15H,4,9-10H2,1-3H3. The minimum Gasteiger partial charge on any atom is -0.312 e. The van der Waals surface area contributed by atoms with Crippen LogP contribution in [0.25, 0.3) is 0 Å². The van der Waals surface area contributed by atoms with E-state index in [-0.39, 0.29) is 0 Å². The highest BCUT2D eigenvalue weighted by Gasteiger charge is 2.24. The molecule has 0 amide bonds. The summed E-state index contributed by atoms with van der Waals surface area (Å²) in [6.45, 7) is 6.01. The second-order valence-corrected chi connectivity index (χ2v) is 9.23. The summed E-state index contributed by atoms with van der Waals surface area (Å²) in [5.74, 6) is 0. The number of rotatable bonds is 7. The highest BCUT2D eigenvalue weighted by molar-refractivity contribution is 7.91. The molecule has 2 aromatic rings. The zero-order valence-corrected chi connectivity index (χ0v) is 14.9. The maximum Gasteiger partial charge on any atom is 0.252 e. The molecule has 1 N–H and O–H groups in total. The SMILES string of the molecule is CCNCc1sc(S(=O)(=O)N(C)Cc2cccs2)cc1C. The quantitative estimate of drug-likeness (QED) is 0.840. The molecule has 0 saturated carbocycles. The van der Waals surface area contributed by atoms with Crippen LogP contribution in [0.3, 0.4) is 0 Å². The fraction of sp³-hybridized carbons (Fsp3) is 0.429. The molecular formula is C14H20N2O2S3. The van der Waals surface area contributed by atoms with Gasteiger partial charge in [0.25, 0.3) is 10.0 Å². The van der Waals surface area contributed by atoms with Crippen molar-refractivity contribution in [3.8, 4) is 0 Å². The van der Waals surface area contributed by atoms with Gasteiger partial charge >= 0.3 is 0 Å². The summed E-state index contributed by atoms with van der Waals surface area (Å²) in [5.41, 5.74) is 1.03. The molecular weight excluding hydrogens is 324 g/mol. The molecule has 2 heterocycles. The van der Waals surface area contributed by atoms with Gasteiger partial charge in [0, 0.05) is 29.9 Å². The van der Waals surface area contributed by atoms with E-state index in [4.69, 9.17) is 0 Å². The molecule has 0 atom stereocenters. The molecule has 0 unspecified atom stereocenters. The van der Waals surface area contributed by atoms with Gasteiger partial charge in [-0.15, -0.1) is 22.7 Å². The fourth-order valence-corrected chi connectivity index (χ4v) is 5.65. The third-order valence-electron chi connectivity index (χ3n) is 3.16. The zero-order chi connectivity index (χ0) is 15.5. The predicted octanol–water partition coefficient (Wildman–Crippen LogP) is 3.05. The minimum atomic E-state index is -3.41. The van der Waals surface area contributed by atoms with Crippen molar-refractivity contribution in [2.45, 2.75) is 31.1 Å². The van der Waals surface area contributed by atoms with Crippen LogP contribution in [-0.2, 0) is 23.1 Å². The average Bonchev–Trinajstić information content (AvgIpc) is 3.06. The van der Waals surface area contributed by atoms with Gasteiger partial charge in [-0.1, -0.05) is 13.0 Å². The van der Waals surface area contributed by atoms with Gasteiger partial charge in [0.05, 0.1) is 0 Å². The van der Waals surface area contributed by atoms with E-state index in [1.165, 1.54) is 15.6 Å². The first-order valence-corrected chi connectivity index (χ1v) is 9.87. The Labute approximate surface area is 134 Å². The van der Waals surface area contributed by atoms with E-state index in [1.807, 2.05) is 31.4 Å². The van der Waals surface area contributed by atoms with Crippen molar-refractivity contribution in [1.29, 1.82) is 0 Å². The molecule has 7 heteroatoms. The summed E-state index contributed by atoms with van der Waals surface area (Å²) in [6, 6.07) is 5.66. The van der Waals surface area contributed by atoms with Gasteiger partial charge in [-0.25, -0.2) is 8.42 Å². The highest BCUT2D eigenvalue weighted by Crippen LogP contribution is 2.29. The van der Waals surface area contributed by atoms with Crippen molar-refractivity contribution in [2.24, 2.45) is 0 Å². The van der Waals surface area contributed by atoms with Gasteiger partial charge < -0.3 is 5.32 Å². The van der Waals surface area contributed by atoms with Crippen LogP contribution in [0.1, 0.15) is 22.2 Å². The third-order valence-corrected chi connectivity index (χ3v) is 7.51. The Morgan fingerprint density at radius 3 is 2.76 bits per heavy atom.